The van der Waals surface area contributed by atoms with Crippen molar-refractivity contribution in [3.05, 3.63) is 50.6 Å². The number of hydrogen-bond donors (Lipinski definition) is 1. The number of nitrogen functional groups attached to an aromatic ring is 1. The van der Waals surface area contributed by atoms with Gasteiger partial charge in [0.2, 0.25) is 0 Å². The summed E-state index contributed by atoms with van der Waals surface area (Å²) in [5, 5.41) is 2.13. The van der Waals surface area contributed by atoms with E-state index in [-0.39, 0.29) is 0 Å². The van der Waals surface area contributed by atoms with E-state index in [2.05, 4.69) is 57.5 Å². The van der Waals surface area contributed by atoms with E-state index in [0.29, 0.717) is 0 Å². The molecule has 1 aromatic carbocycles. The molecule has 0 spiro atoms. The van der Waals surface area contributed by atoms with Gasteiger partial charge in [-0.15, -0.1) is 11.3 Å². The van der Waals surface area contributed by atoms with Crippen molar-refractivity contribution in [2.24, 2.45) is 0 Å². The lowest BCUT2D eigenvalue weighted by Crippen LogP contribution is -2.20. The van der Waals surface area contributed by atoms with E-state index in [1.165, 1.54) is 10.4 Å². The third kappa shape index (κ3) is 3.83. The van der Waals surface area contributed by atoms with Crippen molar-refractivity contribution in [3.8, 4) is 0 Å². The minimum atomic E-state index is 0.792. The minimum absolute atomic E-state index is 0.792. The SMILES string of the molecule is CN(CCc1cccs1)Cc1ccc(N)c(Br)c1. The van der Waals surface area contributed by atoms with E-state index in [4.69, 9.17) is 5.73 Å². The Morgan fingerprint density at radius 3 is 2.83 bits per heavy atom. The molecule has 0 aliphatic heterocycles. The van der Waals surface area contributed by atoms with Crippen LogP contribution in [-0.4, -0.2) is 18.5 Å². The third-order valence-corrected chi connectivity index (χ3v) is 4.46. The zero-order chi connectivity index (χ0) is 13.0. The quantitative estimate of drug-likeness (QED) is 0.848. The first kappa shape index (κ1) is 13.6. The van der Waals surface area contributed by atoms with Gasteiger partial charge >= 0.3 is 0 Å². The number of halogens is 1. The third-order valence-electron chi connectivity index (χ3n) is 2.84. The number of thiophene rings is 1. The molecule has 0 aliphatic carbocycles. The average molecular weight is 325 g/mol. The number of benzene rings is 1. The lowest BCUT2D eigenvalue weighted by Gasteiger charge is -2.16. The van der Waals surface area contributed by atoms with E-state index in [1.54, 1.807) is 0 Å². The highest BCUT2D eigenvalue weighted by molar-refractivity contribution is 9.10. The lowest BCUT2D eigenvalue weighted by atomic mass is 10.2. The van der Waals surface area contributed by atoms with E-state index in [9.17, 15) is 0 Å². The number of nitrogens with zero attached hydrogens (tertiary/aromatic N) is 1. The van der Waals surface area contributed by atoms with Crippen LogP contribution in [0.4, 0.5) is 5.69 Å². The molecule has 2 nitrogen and oxygen atoms in total. The summed E-state index contributed by atoms with van der Waals surface area (Å²) in [6.45, 7) is 2.02. The van der Waals surface area contributed by atoms with Gasteiger partial charge in [0.15, 0.2) is 0 Å². The Kier molecular flexibility index (Phi) is 4.80. The smallest absolute Gasteiger partial charge is 0.0458 e. The first-order valence-electron chi connectivity index (χ1n) is 5.90. The Morgan fingerprint density at radius 1 is 1.33 bits per heavy atom. The van der Waals surface area contributed by atoms with E-state index in [0.717, 1.165) is 29.7 Å². The number of nitrogens with two attached hydrogens (primary N) is 1. The summed E-state index contributed by atoms with van der Waals surface area (Å²) >= 11 is 5.29. The molecule has 0 aliphatic rings. The fourth-order valence-corrected chi connectivity index (χ4v) is 2.94. The lowest BCUT2D eigenvalue weighted by molar-refractivity contribution is 0.332. The maximum atomic E-state index is 5.78. The minimum Gasteiger partial charge on any atom is -0.398 e. The zero-order valence-corrected chi connectivity index (χ0v) is 12.8. The molecule has 0 atom stereocenters. The van der Waals surface area contributed by atoms with Gasteiger partial charge in [0.25, 0.3) is 0 Å². The first-order chi connectivity index (χ1) is 8.65. The Morgan fingerprint density at radius 2 is 2.17 bits per heavy atom. The molecule has 0 unspecified atom stereocenters. The molecular weight excluding hydrogens is 308 g/mol. The Labute approximate surface area is 121 Å². The fourth-order valence-electron chi connectivity index (χ4n) is 1.82. The van der Waals surface area contributed by atoms with Crippen LogP contribution in [0.15, 0.2) is 40.2 Å². The molecular formula is C14H17BrN2S. The van der Waals surface area contributed by atoms with Crippen LogP contribution in [-0.2, 0) is 13.0 Å². The van der Waals surface area contributed by atoms with Crippen LogP contribution >= 0.6 is 27.3 Å². The Hall–Kier alpha value is -0.840. The molecule has 0 radical (unpaired) electrons. The fraction of sp³-hybridized carbons (Fsp3) is 0.286. The highest BCUT2D eigenvalue weighted by Gasteiger charge is 2.03. The number of likely N-dealkylation sites (N-methyl/N-ethyl adjacent to an activating group) is 1. The number of rotatable bonds is 5. The summed E-state index contributed by atoms with van der Waals surface area (Å²) in [5.74, 6) is 0. The summed E-state index contributed by atoms with van der Waals surface area (Å²) in [6.07, 6.45) is 1.12. The highest BCUT2D eigenvalue weighted by atomic mass is 79.9. The van der Waals surface area contributed by atoms with Crippen LogP contribution in [0, 0.1) is 0 Å². The van der Waals surface area contributed by atoms with Crippen molar-refractivity contribution in [1.82, 2.24) is 4.90 Å². The van der Waals surface area contributed by atoms with Crippen LogP contribution in [0.25, 0.3) is 0 Å². The maximum absolute atomic E-state index is 5.78. The van der Waals surface area contributed by atoms with E-state index < -0.39 is 0 Å². The van der Waals surface area contributed by atoms with Crippen LogP contribution in [0.2, 0.25) is 0 Å². The maximum Gasteiger partial charge on any atom is 0.0458 e. The first-order valence-corrected chi connectivity index (χ1v) is 7.57. The van der Waals surface area contributed by atoms with Crippen molar-refractivity contribution in [2.45, 2.75) is 13.0 Å². The Balaban J connectivity index is 1.86. The summed E-state index contributed by atoms with van der Waals surface area (Å²) < 4.78 is 0.978. The predicted octanol–water partition coefficient (Wildman–Crippen LogP) is 3.77. The van der Waals surface area contributed by atoms with Gasteiger partial charge in [-0.05, 0) is 58.5 Å². The highest BCUT2D eigenvalue weighted by Crippen LogP contribution is 2.21. The summed E-state index contributed by atoms with van der Waals surface area (Å²) in [5.41, 5.74) is 7.86. The summed E-state index contributed by atoms with van der Waals surface area (Å²) in [4.78, 5) is 3.78. The van der Waals surface area contributed by atoms with Crippen molar-refractivity contribution < 1.29 is 0 Å². The summed E-state index contributed by atoms with van der Waals surface area (Å²) in [7, 11) is 2.15. The Bertz CT molecular complexity index is 497. The molecule has 1 heterocycles. The molecule has 2 N–H and O–H groups in total. The molecule has 1 aromatic heterocycles. The van der Waals surface area contributed by atoms with E-state index >= 15 is 0 Å². The van der Waals surface area contributed by atoms with Gasteiger partial charge in [0.1, 0.15) is 0 Å². The van der Waals surface area contributed by atoms with Crippen LogP contribution in [0.5, 0.6) is 0 Å². The standard InChI is InChI=1S/C14H17BrN2S/c1-17(7-6-12-3-2-8-18-12)10-11-4-5-14(16)13(15)9-11/h2-5,8-9H,6-7,10,16H2,1H3. The van der Waals surface area contributed by atoms with Gasteiger partial charge < -0.3 is 10.6 Å². The van der Waals surface area contributed by atoms with Crippen molar-refractivity contribution >= 4 is 33.0 Å². The molecule has 2 aromatic rings. The number of hydrogen-bond acceptors (Lipinski definition) is 3. The molecule has 0 fully saturated rings. The topological polar surface area (TPSA) is 29.3 Å². The van der Waals surface area contributed by atoms with Gasteiger partial charge in [0.05, 0.1) is 0 Å². The van der Waals surface area contributed by atoms with Crippen molar-refractivity contribution in [2.75, 3.05) is 19.3 Å². The van der Waals surface area contributed by atoms with Crippen molar-refractivity contribution in [3.63, 3.8) is 0 Å². The second-order valence-electron chi connectivity index (χ2n) is 4.42. The molecule has 0 saturated carbocycles. The molecule has 18 heavy (non-hydrogen) atoms. The second-order valence-corrected chi connectivity index (χ2v) is 6.31. The van der Waals surface area contributed by atoms with Crippen LogP contribution in [0.1, 0.15) is 10.4 Å². The molecule has 0 saturated heterocycles. The second kappa shape index (κ2) is 6.36. The van der Waals surface area contributed by atoms with Crippen molar-refractivity contribution in [1.29, 1.82) is 0 Å². The molecule has 2 rings (SSSR count). The van der Waals surface area contributed by atoms with Gasteiger partial charge in [0, 0.05) is 28.1 Å². The monoisotopic (exact) mass is 324 g/mol. The molecule has 0 amide bonds. The molecule has 96 valence electrons. The van der Waals surface area contributed by atoms with Gasteiger partial charge in [-0.3, -0.25) is 0 Å². The van der Waals surface area contributed by atoms with Crippen LogP contribution < -0.4 is 5.73 Å². The average Bonchev–Trinajstić information content (AvgIpc) is 2.84. The van der Waals surface area contributed by atoms with Crippen LogP contribution in [0.3, 0.4) is 0 Å². The van der Waals surface area contributed by atoms with Gasteiger partial charge in [-0.2, -0.15) is 0 Å². The molecule has 0 bridgehead atoms. The predicted molar refractivity (Wildman–Crippen MR) is 82.9 cm³/mol. The number of anilines is 1. The van der Waals surface area contributed by atoms with Gasteiger partial charge in [-0.25, -0.2) is 0 Å². The zero-order valence-electron chi connectivity index (χ0n) is 10.4. The normalized spacial score (nSPS) is 11.1. The summed E-state index contributed by atoms with van der Waals surface area (Å²) in [6, 6.07) is 10.4. The van der Waals surface area contributed by atoms with Gasteiger partial charge in [-0.1, -0.05) is 12.1 Å². The molecule has 4 heteroatoms. The van der Waals surface area contributed by atoms with E-state index in [1.807, 2.05) is 17.4 Å². The largest absolute Gasteiger partial charge is 0.398 e.